The van der Waals surface area contributed by atoms with E-state index in [-0.39, 0.29) is 18.6 Å². The molecule has 1 saturated heterocycles. The predicted octanol–water partition coefficient (Wildman–Crippen LogP) is 2.10. The summed E-state index contributed by atoms with van der Waals surface area (Å²) >= 11 is 0. The molecule has 2 aromatic rings. The Balaban J connectivity index is 1.26. The van der Waals surface area contributed by atoms with Crippen LogP contribution in [0.3, 0.4) is 0 Å². The zero-order valence-corrected chi connectivity index (χ0v) is 16.1. The van der Waals surface area contributed by atoms with Crippen LogP contribution in [0.1, 0.15) is 5.56 Å². The predicted molar refractivity (Wildman–Crippen MR) is 107 cm³/mol. The number of ether oxygens (including phenoxy) is 3. The molecule has 3 rings (SSSR count). The van der Waals surface area contributed by atoms with Crippen molar-refractivity contribution in [1.29, 1.82) is 0 Å². The van der Waals surface area contributed by atoms with Gasteiger partial charge in [0.15, 0.2) is 0 Å². The summed E-state index contributed by atoms with van der Waals surface area (Å²) in [5.41, 5.74) is 1.29. The average Bonchev–Trinajstić information content (AvgIpc) is 2.74. The molecule has 1 heterocycles. The van der Waals surface area contributed by atoms with Crippen LogP contribution >= 0.6 is 0 Å². The van der Waals surface area contributed by atoms with Gasteiger partial charge in [-0.05, 0) is 17.7 Å². The van der Waals surface area contributed by atoms with Crippen LogP contribution in [0, 0.1) is 0 Å². The van der Waals surface area contributed by atoms with Gasteiger partial charge in [-0.3, -0.25) is 9.69 Å². The van der Waals surface area contributed by atoms with Crippen molar-refractivity contribution in [1.82, 2.24) is 10.2 Å². The highest BCUT2D eigenvalue weighted by atomic mass is 16.5. The first-order valence-corrected chi connectivity index (χ1v) is 9.70. The van der Waals surface area contributed by atoms with Gasteiger partial charge in [0.2, 0.25) is 5.91 Å². The van der Waals surface area contributed by atoms with Crippen LogP contribution in [0.4, 0.5) is 0 Å². The van der Waals surface area contributed by atoms with Gasteiger partial charge in [-0.15, -0.1) is 0 Å². The Hall–Kier alpha value is -2.41. The minimum Gasteiger partial charge on any atom is -0.491 e. The molecular weight excluding hydrogens is 356 g/mol. The van der Waals surface area contributed by atoms with Gasteiger partial charge >= 0.3 is 0 Å². The van der Waals surface area contributed by atoms with Crippen LogP contribution in [0.5, 0.6) is 5.75 Å². The van der Waals surface area contributed by atoms with Gasteiger partial charge in [0.05, 0.1) is 19.3 Å². The maximum atomic E-state index is 11.9. The van der Waals surface area contributed by atoms with Crippen molar-refractivity contribution in [3.05, 3.63) is 66.2 Å². The van der Waals surface area contributed by atoms with Crippen molar-refractivity contribution in [2.75, 3.05) is 46.1 Å². The molecule has 1 aliphatic rings. The molecule has 0 aliphatic carbocycles. The van der Waals surface area contributed by atoms with Gasteiger partial charge in [-0.1, -0.05) is 48.5 Å². The highest BCUT2D eigenvalue weighted by Gasteiger charge is 2.21. The topological polar surface area (TPSA) is 60.0 Å². The van der Waals surface area contributed by atoms with Crippen molar-refractivity contribution in [3.8, 4) is 5.75 Å². The summed E-state index contributed by atoms with van der Waals surface area (Å²) in [5, 5.41) is 2.89. The van der Waals surface area contributed by atoms with Crippen LogP contribution in [-0.4, -0.2) is 63.0 Å². The zero-order valence-electron chi connectivity index (χ0n) is 16.1. The number of hydrogen-bond acceptors (Lipinski definition) is 5. The lowest BCUT2D eigenvalue weighted by Gasteiger charge is -2.33. The monoisotopic (exact) mass is 384 g/mol. The molecule has 28 heavy (non-hydrogen) atoms. The van der Waals surface area contributed by atoms with E-state index >= 15 is 0 Å². The third-order valence-electron chi connectivity index (χ3n) is 4.47. The summed E-state index contributed by atoms with van der Waals surface area (Å²) in [6.07, 6.45) is 0.00262. The Morgan fingerprint density at radius 2 is 1.82 bits per heavy atom. The lowest BCUT2D eigenvalue weighted by molar-refractivity contribution is -0.127. The summed E-state index contributed by atoms with van der Waals surface area (Å²) < 4.78 is 16.7. The Labute approximate surface area is 166 Å². The Morgan fingerprint density at radius 1 is 1.07 bits per heavy atom. The Morgan fingerprint density at radius 3 is 2.61 bits per heavy atom. The van der Waals surface area contributed by atoms with Gasteiger partial charge in [-0.25, -0.2) is 0 Å². The fourth-order valence-corrected chi connectivity index (χ4v) is 3.07. The molecule has 6 nitrogen and oxygen atoms in total. The van der Waals surface area contributed by atoms with E-state index in [1.165, 1.54) is 5.56 Å². The van der Waals surface area contributed by atoms with Crippen LogP contribution in [0.15, 0.2) is 60.7 Å². The van der Waals surface area contributed by atoms with Crippen molar-refractivity contribution in [2.45, 2.75) is 12.6 Å². The molecule has 1 atom stereocenters. The SMILES string of the molecule is O=C(COCCOc1ccccc1)NC[C@@H]1CN(Cc2ccccc2)CCO1. The number of hydrogen-bond donors (Lipinski definition) is 1. The lowest BCUT2D eigenvalue weighted by atomic mass is 10.2. The van der Waals surface area contributed by atoms with Crippen molar-refractivity contribution < 1.29 is 19.0 Å². The maximum absolute atomic E-state index is 11.9. The van der Waals surface area contributed by atoms with E-state index in [9.17, 15) is 4.79 Å². The summed E-state index contributed by atoms with van der Waals surface area (Å²) in [4.78, 5) is 14.3. The molecule has 1 N–H and O–H groups in total. The quantitative estimate of drug-likeness (QED) is 0.636. The van der Waals surface area contributed by atoms with Gasteiger partial charge < -0.3 is 19.5 Å². The first kappa shape index (κ1) is 20.3. The molecule has 0 unspecified atom stereocenters. The Kier molecular flexibility index (Phi) is 8.30. The molecule has 0 radical (unpaired) electrons. The van der Waals surface area contributed by atoms with Gasteiger partial charge in [0.25, 0.3) is 0 Å². The number of carbonyl (C=O) groups is 1. The second-order valence-electron chi connectivity index (χ2n) is 6.73. The number of carbonyl (C=O) groups excluding carboxylic acids is 1. The highest BCUT2D eigenvalue weighted by Crippen LogP contribution is 2.10. The fourth-order valence-electron chi connectivity index (χ4n) is 3.07. The van der Waals surface area contributed by atoms with Crippen molar-refractivity contribution in [2.24, 2.45) is 0 Å². The molecule has 6 heteroatoms. The molecular formula is C22H28N2O4. The normalized spacial score (nSPS) is 17.2. The number of amides is 1. The molecule has 0 spiro atoms. The van der Waals surface area contributed by atoms with Gasteiger partial charge in [-0.2, -0.15) is 0 Å². The molecule has 0 saturated carbocycles. The highest BCUT2D eigenvalue weighted by molar-refractivity contribution is 5.77. The van der Waals surface area contributed by atoms with Gasteiger partial charge in [0, 0.05) is 26.2 Å². The molecule has 1 fully saturated rings. The van der Waals surface area contributed by atoms with Crippen LogP contribution < -0.4 is 10.1 Å². The van der Waals surface area contributed by atoms with E-state index in [0.29, 0.717) is 26.4 Å². The lowest BCUT2D eigenvalue weighted by Crippen LogP contribution is -2.47. The largest absolute Gasteiger partial charge is 0.491 e. The number of para-hydroxylation sites is 1. The number of nitrogens with zero attached hydrogens (tertiary/aromatic N) is 1. The smallest absolute Gasteiger partial charge is 0.246 e. The van der Waals surface area contributed by atoms with Crippen LogP contribution in [0.25, 0.3) is 0 Å². The number of nitrogens with one attached hydrogen (secondary N) is 1. The minimum atomic E-state index is -0.136. The molecule has 0 bridgehead atoms. The number of benzene rings is 2. The van der Waals surface area contributed by atoms with Crippen molar-refractivity contribution in [3.63, 3.8) is 0 Å². The molecule has 0 aromatic heterocycles. The average molecular weight is 384 g/mol. The summed E-state index contributed by atoms with van der Waals surface area (Å²) in [6, 6.07) is 19.9. The van der Waals surface area contributed by atoms with E-state index in [1.807, 2.05) is 36.4 Å². The van der Waals surface area contributed by atoms with E-state index in [1.54, 1.807) is 0 Å². The molecule has 1 amide bonds. The van der Waals surface area contributed by atoms with E-state index in [4.69, 9.17) is 14.2 Å². The Bertz CT molecular complexity index is 696. The zero-order chi connectivity index (χ0) is 19.4. The molecule has 1 aliphatic heterocycles. The maximum Gasteiger partial charge on any atom is 0.246 e. The van der Waals surface area contributed by atoms with Crippen LogP contribution in [-0.2, 0) is 20.8 Å². The second kappa shape index (κ2) is 11.4. The van der Waals surface area contributed by atoms with Crippen LogP contribution in [0.2, 0.25) is 0 Å². The second-order valence-corrected chi connectivity index (χ2v) is 6.73. The third-order valence-corrected chi connectivity index (χ3v) is 4.47. The standard InChI is InChI=1S/C22H28N2O4/c25-22(18-26-13-14-28-20-9-5-2-6-10-20)23-15-21-17-24(11-12-27-21)16-19-7-3-1-4-8-19/h1-10,21H,11-18H2,(H,23,25)/t21-/m1/s1. The first-order chi connectivity index (χ1) is 13.8. The summed E-state index contributed by atoms with van der Waals surface area (Å²) in [5.74, 6) is 0.661. The molecule has 2 aromatic carbocycles. The van der Waals surface area contributed by atoms with E-state index in [2.05, 4.69) is 34.5 Å². The minimum absolute atomic E-state index is 0.00262. The molecule has 150 valence electrons. The number of rotatable bonds is 10. The third kappa shape index (κ3) is 7.31. The fraction of sp³-hybridized carbons (Fsp3) is 0.409. The first-order valence-electron chi connectivity index (χ1n) is 9.70. The van der Waals surface area contributed by atoms with Gasteiger partial charge in [0.1, 0.15) is 19.0 Å². The van der Waals surface area contributed by atoms with Crippen molar-refractivity contribution >= 4 is 5.91 Å². The number of morpholine rings is 1. The summed E-state index contributed by atoms with van der Waals surface area (Å²) in [7, 11) is 0. The van der Waals surface area contributed by atoms with E-state index in [0.717, 1.165) is 25.4 Å². The summed E-state index contributed by atoms with van der Waals surface area (Å²) in [6.45, 7) is 4.60. The van der Waals surface area contributed by atoms with E-state index < -0.39 is 0 Å².